The molecule has 0 bridgehead atoms. The number of rotatable bonds is 2. The molecule has 0 aromatic heterocycles. The second-order valence-electron chi connectivity index (χ2n) is 3.21. The molecular formula is C9H13NO3. The smallest absolute Gasteiger partial charge is 0.333 e. The molecule has 0 aromatic carbocycles. The number of hydrogen-bond acceptors (Lipinski definition) is 2. The molecule has 1 atom stereocenters. The summed E-state index contributed by atoms with van der Waals surface area (Å²) >= 11 is 0. The average Bonchev–Trinajstić information content (AvgIpc) is 2.48. The number of aliphatic carboxylic acids is 1. The molecule has 1 N–H and O–H groups in total. The lowest BCUT2D eigenvalue weighted by Crippen LogP contribution is -2.50. The predicted octanol–water partition coefficient (Wildman–Crippen LogP) is 0.638. The number of amides is 1. The minimum Gasteiger partial charge on any atom is -0.479 e. The number of hydrogen-bond donors (Lipinski definition) is 1. The molecule has 4 heteroatoms. The van der Waals surface area contributed by atoms with E-state index < -0.39 is 11.5 Å². The van der Waals surface area contributed by atoms with Crippen molar-refractivity contribution < 1.29 is 14.7 Å². The molecular weight excluding hydrogens is 170 g/mol. The largest absolute Gasteiger partial charge is 0.479 e. The normalized spacial score (nSPS) is 27.3. The fraction of sp³-hybridized carbons (Fsp3) is 0.556. The van der Waals surface area contributed by atoms with Crippen molar-refractivity contribution in [2.45, 2.75) is 25.3 Å². The fourth-order valence-corrected chi connectivity index (χ4v) is 1.80. The lowest BCUT2D eigenvalue weighted by molar-refractivity contribution is -0.152. The number of carbonyl (C=O) groups is 2. The highest BCUT2D eigenvalue weighted by molar-refractivity contribution is 5.88. The van der Waals surface area contributed by atoms with E-state index in [1.807, 2.05) is 0 Å². The van der Waals surface area contributed by atoms with Gasteiger partial charge >= 0.3 is 5.97 Å². The number of carboxylic acid groups (broad SMARTS) is 1. The van der Waals surface area contributed by atoms with Gasteiger partial charge in [-0.25, -0.2) is 4.79 Å². The highest BCUT2D eigenvalue weighted by Gasteiger charge is 2.46. The molecule has 1 fully saturated rings. The number of carbonyl (C=O) groups excluding carboxylic acids is 1. The van der Waals surface area contributed by atoms with Crippen LogP contribution in [0, 0.1) is 0 Å². The van der Waals surface area contributed by atoms with E-state index in [4.69, 9.17) is 5.11 Å². The zero-order valence-corrected chi connectivity index (χ0v) is 7.62. The SMILES string of the molecule is C=C[C@@]1(C(=O)O)CCCN1C(C)=O. The number of carboxylic acids is 1. The summed E-state index contributed by atoms with van der Waals surface area (Å²) in [5.74, 6) is -1.20. The molecule has 1 rings (SSSR count). The summed E-state index contributed by atoms with van der Waals surface area (Å²) in [7, 11) is 0. The average molecular weight is 183 g/mol. The van der Waals surface area contributed by atoms with Gasteiger partial charge < -0.3 is 10.0 Å². The van der Waals surface area contributed by atoms with Gasteiger partial charge in [0.05, 0.1) is 0 Å². The number of likely N-dealkylation sites (tertiary alicyclic amines) is 1. The van der Waals surface area contributed by atoms with Gasteiger partial charge in [-0.1, -0.05) is 6.08 Å². The predicted molar refractivity (Wildman–Crippen MR) is 47.2 cm³/mol. The Labute approximate surface area is 76.8 Å². The Morgan fingerprint density at radius 3 is 2.54 bits per heavy atom. The molecule has 13 heavy (non-hydrogen) atoms. The van der Waals surface area contributed by atoms with E-state index in [-0.39, 0.29) is 5.91 Å². The van der Waals surface area contributed by atoms with E-state index in [1.165, 1.54) is 17.9 Å². The Hall–Kier alpha value is -1.32. The van der Waals surface area contributed by atoms with Crippen molar-refractivity contribution in [3.05, 3.63) is 12.7 Å². The van der Waals surface area contributed by atoms with E-state index in [0.29, 0.717) is 13.0 Å². The third-order valence-electron chi connectivity index (χ3n) is 2.51. The minimum absolute atomic E-state index is 0.209. The van der Waals surface area contributed by atoms with Gasteiger partial charge in [0, 0.05) is 13.5 Å². The van der Waals surface area contributed by atoms with Crippen LogP contribution in [0.3, 0.4) is 0 Å². The minimum atomic E-state index is -1.16. The van der Waals surface area contributed by atoms with Gasteiger partial charge in [0.15, 0.2) is 5.54 Å². The summed E-state index contributed by atoms with van der Waals surface area (Å²) in [6.07, 6.45) is 2.53. The van der Waals surface area contributed by atoms with Crippen molar-refractivity contribution >= 4 is 11.9 Å². The van der Waals surface area contributed by atoms with Gasteiger partial charge in [-0.2, -0.15) is 0 Å². The van der Waals surface area contributed by atoms with Crippen LogP contribution in [0.4, 0.5) is 0 Å². The van der Waals surface area contributed by atoms with Gasteiger partial charge in [-0.3, -0.25) is 4.79 Å². The first kappa shape index (κ1) is 9.77. The summed E-state index contributed by atoms with van der Waals surface area (Å²) in [6, 6.07) is 0. The first-order valence-corrected chi connectivity index (χ1v) is 4.20. The maximum absolute atomic E-state index is 11.1. The van der Waals surface area contributed by atoms with Crippen LogP contribution in [-0.2, 0) is 9.59 Å². The number of nitrogens with zero attached hydrogens (tertiary/aromatic N) is 1. The van der Waals surface area contributed by atoms with Gasteiger partial charge in [-0.15, -0.1) is 6.58 Å². The van der Waals surface area contributed by atoms with Crippen LogP contribution in [0.15, 0.2) is 12.7 Å². The van der Waals surface area contributed by atoms with E-state index >= 15 is 0 Å². The van der Waals surface area contributed by atoms with Crippen molar-refractivity contribution in [2.24, 2.45) is 0 Å². The molecule has 0 aromatic rings. The summed E-state index contributed by atoms with van der Waals surface area (Å²) in [4.78, 5) is 23.5. The second-order valence-corrected chi connectivity index (χ2v) is 3.21. The lowest BCUT2D eigenvalue weighted by Gasteiger charge is -2.30. The molecule has 1 aliphatic rings. The van der Waals surface area contributed by atoms with Gasteiger partial charge in [0.2, 0.25) is 5.91 Å². The van der Waals surface area contributed by atoms with Crippen LogP contribution in [0.2, 0.25) is 0 Å². The molecule has 1 heterocycles. The molecule has 1 saturated heterocycles. The van der Waals surface area contributed by atoms with E-state index in [9.17, 15) is 9.59 Å². The third-order valence-corrected chi connectivity index (χ3v) is 2.51. The zero-order valence-electron chi connectivity index (χ0n) is 7.62. The molecule has 0 radical (unpaired) electrons. The molecule has 1 aliphatic heterocycles. The van der Waals surface area contributed by atoms with E-state index in [1.54, 1.807) is 0 Å². The van der Waals surface area contributed by atoms with Crippen LogP contribution >= 0.6 is 0 Å². The van der Waals surface area contributed by atoms with Gasteiger partial charge in [-0.05, 0) is 12.8 Å². The molecule has 1 amide bonds. The second kappa shape index (κ2) is 3.20. The quantitative estimate of drug-likeness (QED) is 0.639. The van der Waals surface area contributed by atoms with Crippen molar-refractivity contribution in [1.82, 2.24) is 4.90 Å². The third kappa shape index (κ3) is 1.32. The fourth-order valence-electron chi connectivity index (χ4n) is 1.80. The maximum atomic E-state index is 11.1. The highest BCUT2D eigenvalue weighted by atomic mass is 16.4. The van der Waals surface area contributed by atoms with Crippen LogP contribution in [0.5, 0.6) is 0 Å². The van der Waals surface area contributed by atoms with E-state index in [0.717, 1.165) is 6.42 Å². The van der Waals surface area contributed by atoms with Crippen molar-refractivity contribution in [1.29, 1.82) is 0 Å². The van der Waals surface area contributed by atoms with Crippen molar-refractivity contribution in [2.75, 3.05) is 6.54 Å². The molecule has 0 unspecified atom stereocenters. The van der Waals surface area contributed by atoms with Gasteiger partial charge in [0.25, 0.3) is 0 Å². The first-order valence-electron chi connectivity index (χ1n) is 4.20. The zero-order chi connectivity index (χ0) is 10.1. The summed E-state index contributed by atoms with van der Waals surface area (Å²) < 4.78 is 0. The Bertz CT molecular complexity index is 262. The van der Waals surface area contributed by atoms with E-state index in [2.05, 4.69) is 6.58 Å². The maximum Gasteiger partial charge on any atom is 0.333 e. The Morgan fingerprint density at radius 2 is 2.23 bits per heavy atom. The molecule has 0 aliphatic carbocycles. The Morgan fingerprint density at radius 1 is 1.62 bits per heavy atom. The van der Waals surface area contributed by atoms with Crippen LogP contribution in [0.25, 0.3) is 0 Å². The standard InChI is InChI=1S/C9H13NO3/c1-3-9(8(12)13)5-4-6-10(9)7(2)11/h3H,1,4-6H2,2H3,(H,12,13)/t9-/m0/s1. The molecule has 72 valence electrons. The Balaban J connectivity index is 3.03. The van der Waals surface area contributed by atoms with Crippen molar-refractivity contribution in [3.63, 3.8) is 0 Å². The van der Waals surface area contributed by atoms with Crippen LogP contribution < -0.4 is 0 Å². The Kier molecular flexibility index (Phi) is 2.40. The molecule has 4 nitrogen and oxygen atoms in total. The first-order chi connectivity index (χ1) is 6.04. The van der Waals surface area contributed by atoms with Crippen LogP contribution in [0.1, 0.15) is 19.8 Å². The topological polar surface area (TPSA) is 57.6 Å². The summed E-state index contributed by atoms with van der Waals surface area (Å²) in [5, 5.41) is 9.02. The summed E-state index contributed by atoms with van der Waals surface area (Å²) in [6.45, 7) is 5.38. The van der Waals surface area contributed by atoms with Gasteiger partial charge in [0.1, 0.15) is 0 Å². The molecule has 0 saturated carbocycles. The highest BCUT2D eigenvalue weighted by Crippen LogP contribution is 2.30. The van der Waals surface area contributed by atoms with Crippen LogP contribution in [-0.4, -0.2) is 34.0 Å². The monoisotopic (exact) mass is 183 g/mol. The lowest BCUT2D eigenvalue weighted by atomic mass is 9.96. The molecule has 0 spiro atoms. The van der Waals surface area contributed by atoms with Crippen molar-refractivity contribution in [3.8, 4) is 0 Å². The summed E-state index contributed by atoms with van der Waals surface area (Å²) in [5.41, 5.74) is -1.16.